The summed E-state index contributed by atoms with van der Waals surface area (Å²) in [6.07, 6.45) is -7.56. The summed E-state index contributed by atoms with van der Waals surface area (Å²) < 4.78 is 46.4. The molecule has 0 aliphatic carbocycles. The van der Waals surface area contributed by atoms with Crippen LogP contribution in [-0.4, -0.2) is 177 Å². The number of hydrogen-bond acceptors (Lipinski definition) is 16. The zero-order valence-corrected chi connectivity index (χ0v) is 43.6. The summed E-state index contributed by atoms with van der Waals surface area (Å²) in [5, 5.41) is 60.7. The maximum atomic E-state index is 14.5. The second-order valence-electron chi connectivity index (χ2n) is 21.0. The number of carbonyl (C=O) groups is 3. The number of amides is 1. The predicted molar refractivity (Wildman–Crippen MR) is 252 cm³/mol. The van der Waals surface area contributed by atoms with Gasteiger partial charge in [0.2, 0.25) is 0 Å². The van der Waals surface area contributed by atoms with Crippen molar-refractivity contribution < 1.29 is 73.1 Å². The molecule has 1 aromatic heterocycles. The average Bonchev–Trinajstić information content (AvgIpc) is 3.66. The molecule has 0 aromatic carbocycles. The van der Waals surface area contributed by atoms with Crippen LogP contribution in [0.2, 0.25) is 0 Å². The highest BCUT2D eigenvalue weighted by Gasteiger charge is 2.54. The van der Waals surface area contributed by atoms with Crippen molar-refractivity contribution in [1.29, 1.82) is 0 Å². The smallest absolute Gasteiger partial charge is 0.311 e. The van der Waals surface area contributed by atoms with Crippen LogP contribution in [0.15, 0.2) is 12.3 Å². The summed E-state index contributed by atoms with van der Waals surface area (Å²) in [4.78, 5) is 44.2. The summed E-state index contributed by atoms with van der Waals surface area (Å²) >= 11 is 0. The number of nitrogens with one attached hydrogen (secondary N) is 1. The summed E-state index contributed by atoms with van der Waals surface area (Å²) in [7, 11) is 6.57. The third-order valence-corrected chi connectivity index (χ3v) is 15.4. The molecule has 1 amide bonds. The van der Waals surface area contributed by atoms with Crippen LogP contribution < -0.4 is 5.32 Å². The van der Waals surface area contributed by atoms with E-state index < -0.39 is 126 Å². The number of rotatable bonds is 15. The Bertz CT molecular complexity index is 1810. The first-order chi connectivity index (χ1) is 31.6. The van der Waals surface area contributed by atoms with Crippen LogP contribution in [-0.2, 0) is 56.2 Å². The van der Waals surface area contributed by atoms with E-state index in [1.165, 1.54) is 28.1 Å². The van der Waals surface area contributed by atoms with Crippen molar-refractivity contribution in [3.8, 4) is 0 Å². The van der Waals surface area contributed by atoms with Crippen molar-refractivity contribution >= 4 is 17.7 Å². The summed E-state index contributed by atoms with van der Waals surface area (Å²) in [6, 6.07) is 0.525. The number of ether oxygens (including phenoxy) is 7. The van der Waals surface area contributed by atoms with Gasteiger partial charge in [-0.2, -0.15) is 0 Å². The minimum atomic E-state index is -2.02. The Morgan fingerprint density at radius 1 is 0.956 bits per heavy atom. The van der Waals surface area contributed by atoms with E-state index >= 15 is 0 Å². The summed E-state index contributed by atoms with van der Waals surface area (Å²) in [5.41, 5.74) is -2.98. The van der Waals surface area contributed by atoms with Crippen LogP contribution in [0.4, 0.5) is 0 Å². The predicted octanol–water partition coefficient (Wildman–Crippen LogP) is 3.28. The van der Waals surface area contributed by atoms with Gasteiger partial charge in [-0.25, -0.2) is 0 Å². The van der Waals surface area contributed by atoms with E-state index in [1.54, 1.807) is 67.0 Å². The summed E-state index contributed by atoms with van der Waals surface area (Å²) in [6.45, 7) is 20.6. The fraction of sp³-hybridized carbons (Fsp3) is 0.860. The second-order valence-corrected chi connectivity index (χ2v) is 21.0. The Hall–Kier alpha value is -2.59. The number of aryl methyl sites for hydroxylation is 2. The van der Waals surface area contributed by atoms with Gasteiger partial charge in [-0.15, -0.1) is 0 Å². The molecule has 4 heterocycles. The summed E-state index contributed by atoms with van der Waals surface area (Å²) in [5.74, 6) is -5.24. The molecule has 3 aliphatic rings. The Labute approximate surface area is 404 Å². The number of carbonyl (C=O) groups excluding carboxylic acids is 3. The van der Waals surface area contributed by atoms with Gasteiger partial charge in [-0.3, -0.25) is 19.3 Å². The number of cyclic esters (lactones) is 1. The number of likely N-dealkylation sites (N-methyl/N-ethyl adjacent to an activating group) is 1. The van der Waals surface area contributed by atoms with Crippen LogP contribution in [0.5, 0.6) is 0 Å². The van der Waals surface area contributed by atoms with Gasteiger partial charge < -0.3 is 68.6 Å². The zero-order valence-electron chi connectivity index (χ0n) is 43.6. The van der Waals surface area contributed by atoms with Gasteiger partial charge in [0, 0.05) is 64.2 Å². The first-order valence-electron chi connectivity index (χ1n) is 24.7. The third-order valence-electron chi connectivity index (χ3n) is 15.4. The van der Waals surface area contributed by atoms with Gasteiger partial charge in [0.25, 0.3) is 5.91 Å². The molecular weight excluding hydrogens is 883 g/mol. The van der Waals surface area contributed by atoms with Crippen LogP contribution >= 0.6 is 0 Å². The molecule has 0 spiro atoms. The number of Topliss-reactive ketones (excluding diaryl/α,β-unsaturated/α-hetero) is 1. The van der Waals surface area contributed by atoms with Gasteiger partial charge in [0.05, 0.1) is 59.8 Å². The molecule has 20 atom stereocenters. The van der Waals surface area contributed by atoms with E-state index in [-0.39, 0.29) is 37.5 Å². The molecule has 0 bridgehead atoms. The monoisotopic (exact) mass is 970 g/mol. The number of methoxy groups -OCH3 is 2. The first kappa shape index (κ1) is 58.0. The van der Waals surface area contributed by atoms with E-state index in [4.69, 9.17) is 33.2 Å². The number of hydrogen-bond donors (Lipinski definition) is 6. The highest BCUT2D eigenvalue weighted by atomic mass is 16.7. The zero-order chi connectivity index (χ0) is 51.4. The Kier molecular flexibility index (Phi) is 20.3. The highest BCUT2D eigenvalue weighted by molar-refractivity contribution is 5.93. The molecule has 4 rings (SSSR count). The van der Waals surface area contributed by atoms with Gasteiger partial charge in [-0.05, 0) is 92.8 Å². The fourth-order valence-corrected chi connectivity index (χ4v) is 10.8. The molecular formula is C50H87N3O15. The number of ketones is 1. The van der Waals surface area contributed by atoms with Gasteiger partial charge in [0.1, 0.15) is 35.4 Å². The molecule has 3 aliphatic heterocycles. The molecule has 0 saturated carbocycles. The van der Waals surface area contributed by atoms with Crippen LogP contribution in [0.25, 0.3) is 0 Å². The van der Waals surface area contributed by atoms with E-state index in [1.807, 2.05) is 31.1 Å². The lowest BCUT2D eigenvalue weighted by atomic mass is 9.74. The number of nitrogens with zero attached hydrogens (tertiary/aromatic N) is 2. The van der Waals surface area contributed by atoms with Crippen molar-refractivity contribution in [1.82, 2.24) is 14.8 Å². The molecule has 18 nitrogen and oxygen atoms in total. The fourth-order valence-electron chi connectivity index (χ4n) is 10.8. The molecule has 6 N–H and O–H groups in total. The van der Waals surface area contributed by atoms with E-state index in [0.29, 0.717) is 12.1 Å². The Morgan fingerprint density at radius 2 is 1.59 bits per heavy atom. The van der Waals surface area contributed by atoms with Crippen molar-refractivity contribution in [2.45, 2.75) is 218 Å². The molecule has 68 heavy (non-hydrogen) atoms. The van der Waals surface area contributed by atoms with E-state index in [2.05, 4.69) is 12.2 Å². The molecule has 392 valence electrons. The van der Waals surface area contributed by atoms with E-state index in [0.717, 1.165) is 18.4 Å². The van der Waals surface area contributed by atoms with Crippen molar-refractivity contribution in [2.24, 2.45) is 30.7 Å². The lowest BCUT2D eigenvalue weighted by Gasteiger charge is -2.50. The van der Waals surface area contributed by atoms with Crippen LogP contribution in [0.3, 0.4) is 0 Å². The minimum absolute atomic E-state index is 0.0305. The molecule has 1 unspecified atom stereocenters. The molecule has 1 aromatic rings. The maximum Gasteiger partial charge on any atom is 0.311 e. The standard InChI is InChI=1S/C50H87N3O15/c1-17-19-33-21-36(52(13)24-33)45(59)51-34(31(8)54)25-53(14)35-20-27(4)64-47(40(35)56)68-44-29(6)41(67-38-23-48(10,62-15)43(58)32(9)65-38)30(7)46(60)66-37(18-2)50(12,61)42(57)28(5)39(55)26(3)22-49(44,11)63-16/h21,24,26-32,34-35,37-38,40-44,47,54,56-58,61H,17-20,22-23,25H2,1-16H3,(H,51,59)/t26-,27-,28+,29+,30-,31-,32+,34?,35+,37-,38+,40-,41+,42-,43+,44-,47-,48-,49-,50-/m1/s1. The third kappa shape index (κ3) is 12.9. The van der Waals surface area contributed by atoms with Crippen LogP contribution in [0.1, 0.15) is 131 Å². The molecule has 3 saturated heterocycles. The maximum absolute atomic E-state index is 14.5. The molecule has 3 fully saturated rings. The average molecular weight is 970 g/mol. The molecule has 0 radical (unpaired) electrons. The number of aliphatic hydroxyl groups is 5. The van der Waals surface area contributed by atoms with Crippen molar-refractivity contribution in [3.63, 3.8) is 0 Å². The second kappa shape index (κ2) is 23.8. The quantitative estimate of drug-likeness (QED) is 0.138. The Balaban J connectivity index is 1.77. The minimum Gasteiger partial charge on any atom is -0.459 e. The SMILES string of the molecule is CCCc1cc(C(=O)NC(CN(C)[C@H]2C[C@@H](C)O[C@H](O[C@@H]3[C@@H](C)[C@H](O[C@H]4C[C@@](C)(OC)[C@@H](O)[C@H](C)O4)[C@@H](C)C(=O)O[C@H](CC)[C@@](C)(O)[C@H](O)[C@@H](C)C(=O)[C@H](C)C[C@@]3(C)OC)[C@@H]2O)[C@@H](C)O)n(C)c1. The Morgan fingerprint density at radius 3 is 2.16 bits per heavy atom. The number of aliphatic hydroxyl groups excluding tert-OH is 4. The van der Waals surface area contributed by atoms with Gasteiger partial charge >= 0.3 is 5.97 Å². The van der Waals surface area contributed by atoms with Crippen LogP contribution in [0, 0.1) is 23.7 Å². The number of esters is 1. The van der Waals surface area contributed by atoms with Gasteiger partial charge in [-0.1, -0.05) is 41.0 Å². The largest absolute Gasteiger partial charge is 0.459 e. The first-order valence-corrected chi connectivity index (χ1v) is 24.7. The highest BCUT2D eigenvalue weighted by Crippen LogP contribution is 2.42. The molecule has 18 heteroatoms. The topological polar surface area (TPSA) is 237 Å². The van der Waals surface area contributed by atoms with Crippen molar-refractivity contribution in [2.75, 3.05) is 27.8 Å². The lowest BCUT2D eigenvalue weighted by molar-refractivity contribution is -0.319. The van der Waals surface area contributed by atoms with Gasteiger partial charge in [0.15, 0.2) is 12.6 Å². The van der Waals surface area contributed by atoms with Crippen molar-refractivity contribution in [3.05, 3.63) is 23.5 Å². The normalized spacial score (nSPS) is 41.2. The van der Waals surface area contributed by atoms with E-state index in [9.17, 15) is 39.9 Å². The number of aromatic nitrogens is 1. The lowest BCUT2D eigenvalue weighted by Crippen LogP contribution is -2.62.